The Hall–Kier alpha value is -0.870. The monoisotopic (exact) mass is 182 g/mol. The lowest BCUT2D eigenvalue weighted by molar-refractivity contribution is 0.0775. The Morgan fingerprint density at radius 3 is 3.00 bits per heavy atom. The quantitative estimate of drug-likeness (QED) is 0.755. The molecule has 0 bridgehead atoms. The maximum Gasteiger partial charge on any atom is 0.180 e. The van der Waals surface area contributed by atoms with E-state index in [4.69, 9.17) is 9.15 Å². The van der Waals surface area contributed by atoms with Crippen molar-refractivity contribution in [1.82, 2.24) is 10.3 Å². The van der Waals surface area contributed by atoms with Gasteiger partial charge in [0, 0.05) is 25.8 Å². The van der Waals surface area contributed by atoms with Gasteiger partial charge in [-0.1, -0.05) is 0 Å². The first-order valence-corrected chi connectivity index (χ1v) is 4.63. The van der Waals surface area contributed by atoms with Gasteiger partial charge in [-0.3, -0.25) is 0 Å². The first-order valence-electron chi connectivity index (χ1n) is 4.63. The van der Waals surface area contributed by atoms with Crippen molar-refractivity contribution in [2.75, 3.05) is 13.2 Å². The number of rotatable bonds is 3. The number of aromatic nitrogens is 1. The molecule has 1 saturated heterocycles. The summed E-state index contributed by atoms with van der Waals surface area (Å²) < 4.78 is 10.1. The van der Waals surface area contributed by atoms with Gasteiger partial charge in [0.25, 0.3) is 0 Å². The zero-order valence-corrected chi connectivity index (χ0v) is 7.53. The maximum atomic E-state index is 5.26. The molecule has 0 atom stereocenters. The largest absolute Gasteiger partial charge is 0.451 e. The molecule has 1 N–H and O–H groups in total. The standard InChI is InChI=1S/C9H14N2O2/c1-3-12-4-2-8(1)10-5-9-6-13-7-11-9/h6-8,10H,1-5H2. The molecule has 2 rings (SSSR count). The van der Waals surface area contributed by atoms with Crippen LogP contribution < -0.4 is 5.32 Å². The maximum absolute atomic E-state index is 5.26. The van der Waals surface area contributed by atoms with Gasteiger partial charge < -0.3 is 14.5 Å². The summed E-state index contributed by atoms with van der Waals surface area (Å²) in [5.74, 6) is 0. The van der Waals surface area contributed by atoms with E-state index in [9.17, 15) is 0 Å². The molecular formula is C9H14N2O2. The highest BCUT2D eigenvalue weighted by Crippen LogP contribution is 2.06. The fraction of sp³-hybridized carbons (Fsp3) is 0.667. The van der Waals surface area contributed by atoms with Crippen LogP contribution in [-0.2, 0) is 11.3 Å². The molecule has 0 radical (unpaired) electrons. The average Bonchev–Trinajstić information content (AvgIpc) is 2.69. The van der Waals surface area contributed by atoms with Gasteiger partial charge in [0.2, 0.25) is 0 Å². The van der Waals surface area contributed by atoms with Crippen LogP contribution in [0.25, 0.3) is 0 Å². The van der Waals surface area contributed by atoms with E-state index in [1.807, 2.05) is 0 Å². The Morgan fingerprint density at radius 1 is 1.46 bits per heavy atom. The molecule has 1 fully saturated rings. The first-order chi connectivity index (χ1) is 6.45. The normalized spacial score (nSPS) is 19.1. The van der Waals surface area contributed by atoms with Gasteiger partial charge in [0.15, 0.2) is 6.39 Å². The van der Waals surface area contributed by atoms with Crippen LogP contribution in [0.5, 0.6) is 0 Å². The molecule has 4 heteroatoms. The highest BCUT2D eigenvalue weighted by Gasteiger charge is 2.12. The minimum Gasteiger partial charge on any atom is -0.451 e. The summed E-state index contributed by atoms with van der Waals surface area (Å²) in [6, 6.07) is 0.574. The third kappa shape index (κ3) is 2.54. The van der Waals surface area contributed by atoms with Crippen molar-refractivity contribution in [3.05, 3.63) is 18.4 Å². The van der Waals surface area contributed by atoms with E-state index in [-0.39, 0.29) is 0 Å². The Balaban J connectivity index is 1.72. The molecule has 1 aromatic heterocycles. The number of hydrogen-bond donors (Lipinski definition) is 1. The molecule has 2 heterocycles. The van der Waals surface area contributed by atoms with Gasteiger partial charge in [-0.15, -0.1) is 0 Å². The van der Waals surface area contributed by atoms with E-state index >= 15 is 0 Å². The van der Waals surface area contributed by atoms with E-state index in [1.54, 1.807) is 6.26 Å². The van der Waals surface area contributed by atoms with Crippen LogP contribution in [0.1, 0.15) is 18.5 Å². The van der Waals surface area contributed by atoms with Crippen molar-refractivity contribution in [2.24, 2.45) is 0 Å². The number of nitrogens with one attached hydrogen (secondary N) is 1. The Morgan fingerprint density at radius 2 is 2.31 bits per heavy atom. The lowest BCUT2D eigenvalue weighted by Crippen LogP contribution is -2.34. The van der Waals surface area contributed by atoms with E-state index in [1.165, 1.54) is 6.39 Å². The lowest BCUT2D eigenvalue weighted by atomic mass is 10.1. The van der Waals surface area contributed by atoms with Crippen LogP contribution in [0.3, 0.4) is 0 Å². The second-order valence-electron chi connectivity index (χ2n) is 3.25. The molecule has 1 aliphatic rings. The summed E-state index contributed by atoms with van der Waals surface area (Å²) in [5, 5.41) is 3.42. The first kappa shape index (κ1) is 8.72. The number of nitrogens with zero attached hydrogens (tertiary/aromatic N) is 1. The summed E-state index contributed by atoms with van der Waals surface area (Å²) in [4.78, 5) is 4.04. The summed E-state index contributed by atoms with van der Waals surface area (Å²) in [6.07, 6.45) is 5.32. The van der Waals surface area contributed by atoms with Gasteiger partial charge in [0.05, 0.1) is 5.69 Å². The summed E-state index contributed by atoms with van der Waals surface area (Å²) in [5.41, 5.74) is 0.964. The van der Waals surface area contributed by atoms with Crippen molar-refractivity contribution in [2.45, 2.75) is 25.4 Å². The minimum atomic E-state index is 0.574. The molecule has 0 aliphatic carbocycles. The lowest BCUT2D eigenvalue weighted by Gasteiger charge is -2.22. The molecule has 0 aromatic carbocycles. The zero-order valence-electron chi connectivity index (χ0n) is 7.53. The third-order valence-corrected chi connectivity index (χ3v) is 2.28. The molecule has 4 nitrogen and oxygen atoms in total. The smallest absolute Gasteiger partial charge is 0.180 e. The minimum absolute atomic E-state index is 0.574. The van der Waals surface area contributed by atoms with Crippen molar-refractivity contribution in [3.8, 4) is 0 Å². The van der Waals surface area contributed by atoms with Gasteiger partial charge in [-0.2, -0.15) is 0 Å². The predicted octanol–water partition coefficient (Wildman–Crippen LogP) is 0.943. The van der Waals surface area contributed by atoms with Crippen molar-refractivity contribution in [1.29, 1.82) is 0 Å². The van der Waals surface area contributed by atoms with Crippen molar-refractivity contribution < 1.29 is 9.15 Å². The molecule has 1 aromatic rings. The average molecular weight is 182 g/mol. The van der Waals surface area contributed by atoms with Gasteiger partial charge in [0.1, 0.15) is 6.26 Å². The van der Waals surface area contributed by atoms with Gasteiger partial charge >= 0.3 is 0 Å². The van der Waals surface area contributed by atoms with E-state index in [0.29, 0.717) is 6.04 Å². The summed E-state index contributed by atoms with van der Waals surface area (Å²) in [7, 11) is 0. The van der Waals surface area contributed by atoms with Crippen LogP contribution in [0.4, 0.5) is 0 Å². The number of hydrogen-bond acceptors (Lipinski definition) is 4. The van der Waals surface area contributed by atoms with Crippen LogP contribution in [-0.4, -0.2) is 24.2 Å². The molecule has 13 heavy (non-hydrogen) atoms. The number of ether oxygens (including phenoxy) is 1. The summed E-state index contributed by atoms with van der Waals surface area (Å²) in [6.45, 7) is 2.54. The highest BCUT2D eigenvalue weighted by molar-refractivity contribution is 4.90. The van der Waals surface area contributed by atoms with Gasteiger partial charge in [-0.25, -0.2) is 4.98 Å². The van der Waals surface area contributed by atoms with E-state index in [0.717, 1.165) is 38.3 Å². The molecular weight excluding hydrogens is 168 g/mol. The summed E-state index contributed by atoms with van der Waals surface area (Å²) >= 11 is 0. The highest BCUT2D eigenvalue weighted by atomic mass is 16.5. The molecule has 0 amide bonds. The Kier molecular flexibility index (Phi) is 2.94. The predicted molar refractivity (Wildman–Crippen MR) is 47.2 cm³/mol. The second-order valence-corrected chi connectivity index (χ2v) is 3.25. The Bertz CT molecular complexity index is 230. The molecule has 72 valence electrons. The van der Waals surface area contributed by atoms with Crippen LogP contribution in [0.2, 0.25) is 0 Å². The van der Waals surface area contributed by atoms with Crippen LogP contribution >= 0.6 is 0 Å². The SMILES string of the molecule is c1nc(CNC2CCOCC2)co1. The third-order valence-electron chi connectivity index (χ3n) is 2.28. The van der Waals surface area contributed by atoms with E-state index < -0.39 is 0 Å². The molecule has 0 saturated carbocycles. The topological polar surface area (TPSA) is 47.3 Å². The Labute approximate surface area is 77.3 Å². The van der Waals surface area contributed by atoms with Crippen molar-refractivity contribution in [3.63, 3.8) is 0 Å². The fourth-order valence-electron chi connectivity index (χ4n) is 1.48. The van der Waals surface area contributed by atoms with E-state index in [2.05, 4.69) is 10.3 Å². The van der Waals surface area contributed by atoms with Crippen LogP contribution in [0.15, 0.2) is 17.1 Å². The molecule has 0 unspecified atom stereocenters. The molecule has 0 spiro atoms. The number of oxazole rings is 1. The zero-order chi connectivity index (χ0) is 8.93. The van der Waals surface area contributed by atoms with Gasteiger partial charge in [-0.05, 0) is 12.8 Å². The fourth-order valence-corrected chi connectivity index (χ4v) is 1.48. The second kappa shape index (κ2) is 4.39. The van der Waals surface area contributed by atoms with Crippen LogP contribution in [0, 0.1) is 0 Å². The molecule has 1 aliphatic heterocycles. The van der Waals surface area contributed by atoms with Crippen molar-refractivity contribution >= 4 is 0 Å².